The second-order valence-corrected chi connectivity index (χ2v) is 9.25. The minimum Gasteiger partial charge on any atom is -0.454 e. The van der Waals surface area contributed by atoms with E-state index < -0.39 is 6.04 Å². The maximum atomic E-state index is 13.2. The van der Waals surface area contributed by atoms with Crippen LogP contribution >= 0.6 is 0 Å². The first kappa shape index (κ1) is 24.1. The van der Waals surface area contributed by atoms with E-state index in [0.717, 1.165) is 32.7 Å². The highest BCUT2D eigenvalue weighted by molar-refractivity contribution is 5.97. The maximum absolute atomic E-state index is 13.2. The summed E-state index contributed by atoms with van der Waals surface area (Å²) in [4.78, 5) is 44.6. The SMILES string of the molecule is O=C(C[C@@H]1C(=O)NCCN1C(=O)CN1CCN(Cc2ccccc2)CC1)Nc1ccc2c(c1)OCO2. The molecular weight excluding hydrogens is 462 g/mol. The van der Waals surface area contributed by atoms with E-state index in [-0.39, 0.29) is 37.5 Å². The molecule has 2 aromatic carbocycles. The van der Waals surface area contributed by atoms with Crippen LogP contribution < -0.4 is 20.1 Å². The summed E-state index contributed by atoms with van der Waals surface area (Å²) in [7, 11) is 0. The van der Waals surface area contributed by atoms with E-state index in [1.54, 1.807) is 23.1 Å². The third-order valence-corrected chi connectivity index (χ3v) is 6.76. The lowest BCUT2D eigenvalue weighted by Gasteiger charge is -2.38. The highest BCUT2D eigenvalue weighted by Crippen LogP contribution is 2.34. The van der Waals surface area contributed by atoms with Crippen LogP contribution in [0.1, 0.15) is 12.0 Å². The second-order valence-electron chi connectivity index (χ2n) is 9.25. The molecule has 0 spiro atoms. The van der Waals surface area contributed by atoms with Gasteiger partial charge in [-0.05, 0) is 17.7 Å². The third-order valence-electron chi connectivity index (χ3n) is 6.76. The Labute approximate surface area is 210 Å². The van der Waals surface area contributed by atoms with Gasteiger partial charge in [-0.1, -0.05) is 30.3 Å². The predicted octanol–water partition coefficient (Wildman–Crippen LogP) is 0.889. The number of carbonyl (C=O) groups excluding carboxylic acids is 3. The largest absolute Gasteiger partial charge is 0.454 e. The topological polar surface area (TPSA) is 103 Å². The van der Waals surface area contributed by atoms with Crippen molar-refractivity contribution < 1.29 is 23.9 Å². The van der Waals surface area contributed by atoms with Gasteiger partial charge in [0.15, 0.2) is 11.5 Å². The Bertz CT molecular complexity index is 1100. The molecular formula is C26H31N5O5. The number of hydrogen-bond acceptors (Lipinski definition) is 7. The molecule has 190 valence electrons. The van der Waals surface area contributed by atoms with Crippen LogP contribution in [-0.4, -0.2) is 91.1 Å². The van der Waals surface area contributed by atoms with Crippen molar-refractivity contribution in [1.82, 2.24) is 20.0 Å². The third kappa shape index (κ3) is 5.77. The molecule has 3 aliphatic heterocycles. The quantitative estimate of drug-likeness (QED) is 0.591. The molecule has 3 aliphatic rings. The molecule has 5 rings (SSSR count). The van der Waals surface area contributed by atoms with Crippen LogP contribution in [0.25, 0.3) is 0 Å². The molecule has 10 nitrogen and oxygen atoms in total. The van der Waals surface area contributed by atoms with Gasteiger partial charge in [-0.3, -0.25) is 24.2 Å². The average molecular weight is 494 g/mol. The van der Waals surface area contributed by atoms with Crippen molar-refractivity contribution in [1.29, 1.82) is 0 Å². The molecule has 0 radical (unpaired) electrons. The van der Waals surface area contributed by atoms with E-state index in [4.69, 9.17) is 9.47 Å². The minimum absolute atomic E-state index is 0.114. The smallest absolute Gasteiger partial charge is 0.243 e. The van der Waals surface area contributed by atoms with Gasteiger partial charge < -0.3 is 25.0 Å². The molecule has 1 atom stereocenters. The number of amides is 3. The van der Waals surface area contributed by atoms with Crippen molar-refractivity contribution in [2.75, 3.05) is 57.9 Å². The summed E-state index contributed by atoms with van der Waals surface area (Å²) in [5, 5.41) is 5.58. The van der Waals surface area contributed by atoms with Gasteiger partial charge in [0.1, 0.15) is 6.04 Å². The zero-order valence-electron chi connectivity index (χ0n) is 20.2. The van der Waals surface area contributed by atoms with Crippen molar-refractivity contribution in [3.8, 4) is 11.5 Å². The van der Waals surface area contributed by atoms with E-state index in [9.17, 15) is 14.4 Å². The van der Waals surface area contributed by atoms with Gasteiger partial charge in [0.25, 0.3) is 0 Å². The van der Waals surface area contributed by atoms with Crippen LogP contribution in [0.3, 0.4) is 0 Å². The zero-order valence-corrected chi connectivity index (χ0v) is 20.2. The van der Waals surface area contributed by atoms with Crippen LogP contribution in [-0.2, 0) is 20.9 Å². The van der Waals surface area contributed by atoms with Gasteiger partial charge in [0.05, 0.1) is 13.0 Å². The Kier molecular flexibility index (Phi) is 7.33. The molecule has 0 unspecified atom stereocenters. The van der Waals surface area contributed by atoms with E-state index in [2.05, 4.69) is 32.6 Å². The Balaban J connectivity index is 1.13. The molecule has 2 aromatic rings. The van der Waals surface area contributed by atoms with Gasteiger partial charge in [0.2, 0.25) is 24.5 Å². The Morgan fingerprint density at radius 1 is 0.944 bits per heavy atom. The highest BCUT2D eigenvalue weighted by atomic mass is 16.7. The number of nitrogens with zero attached hydrogens (tertiary/aromatic N) is 3. The molecule has 2 saturated heterocycles. The van der Waals surface area contributed by atoms with E-state index in [0.29, 0.717) is 30.3 Å². The van der Waals surface area contributed by atoms with Gasteiger partial charge in [-0.25, -0.2) is 0 Å². The summed E-state index contributed by atoms with van der Waals surface area (Å²) in [6.45, 7) is 5.39. The summed E-state index contributed by atoms with van der Waals surface area (Å²) in [5.41, 5.74) is 1.83. The number of hydrogen-bond donors (Lipinski definition) is 2. The number of benzene rings is 2. The fourth-order valence-corrected chi connectivity index (χ4v) is 4.81. The molecule has 3 amide bonds. The molecule has 0 saturated carbocycles. The molecule has 36 heavy (non-hydrogen) atoms. The average Bonchev–Trinajstić information content (AvgIpc) is 3.35. The Hall–Kier alpha value is -3.63. The molecule has 2 fully saturated rings. The van der Waals surface area contributed by atoms with Crippen LogP contribution in [0, 0.1) is 0 Å². The summed E-state index contributed by atoms with van der Waals surface area (Å²) < 4.78 is 10.6. The summed E-state index contributed by atoms with van der Waals surface area (Å²) in [5.74, 6) is 0.412. The standard InChI is InChI=1S/C26H31N5O5/c32-24(28-20-6-7-22-23(14-20)36-18-35-22)15-21-26(34)27-8-9-31(21)25(33)17-30-12-10-29(11-13-30)16-19-4-2-1-3-5-19/h1-7,14,21H,8-13,15-18H2,(H,27,34)(H,28,32)/t21-/m1/s1. The predicted molar refractivity (Wildman–Crippen MR) is 132 cm³/mol. The number of carbonyl (C=O) groups is 3. The van der Waals surface area contributed by atoms with Crippen LogP contribution in [0.15, 0.2) is 48.5 Å². The van der Waals surface area contributed by atoms with Crippen molar-refractivity contribution in [3.63, 3.8) is 0 Å². The normalized spacial score (nSPS) is 20.2. The van der Waals surface area contributed by atoms with Crippen LogP contribution in [0.5, 0.6) is 11.5 Å². The highest BCUT2D eigenvalue weighted by Gasteiger charge is 2.35. The van der Waals surface area contributed by atoms with Crippen molar-refractivity contribution in [2.45, 2.75) is 19.0 Å². The van der Waals surface area contributed by atoms with Crippen LogP contribution in [0.2, 0.25) is 0 Å². The fraction of sp³-hybridized carbons (Fsp3) is 0.423. The van der Waals surface area contributed by atoms with Gasteiger partial charge in [-0.15, -0.1) is 0 Å². The summed E-state index contributed by atoms with van der Waals surface area (Å²) in [6, 6.07) is 14.6. The summed E-state index contributed by atoms with van der Waals surface area (Å²) >= 11 is 0. The van der Waals surface area contributed by atoms with E-state index >= 15 is 0 Å². The van der Waals surface area contributed by atoms with Gasteiger partial charge >= 0.3 is 0 Å². The van der Waals surface area contributed by atoms with E-state index in [1.807, 2.05) is 18.2 Å². The Morgan fingerprint density at radius 2 is 1.69 bits per heavy atom. The van der Waals surface area contributed by atoms with Gasteiger partial charge in [0, 0.05) is 57.6 Å². The zero-order chi connectivity index (χ0) is 24.9. The fourth-order valence-electron chi connectivity index (χ4n) is 4.81. The minimum atomic E-state index is -0.834. The van der Waals surface area contributed by atoms with Gasteiger partial charge in [-0.2, -0.15) is 0 Å². The maximum Gasteiger partial charge on any atom is 0.243 e. The number of fused-ring (bicyclic) bond motifs is 1. The monoisotopic (exact) mass is 493 g/mol. The van der Waals surface area contributed by atoms with Crippen molar-refractivity contribution >= 4 is 23.4 Å². The summed E-state index contributed by atoms with van der Waals surface area (Å²) in [6.07, 6.45) is -0.114. The second kappa shape index (κ2) is 11.0. The Morgan fingerprint density at radius 3 is 2.50 bits per heavy atom. The molecule has 0 bridgehead atoms. The molecule has 0 aliphatic carbocycles. The number of anilines is 1. The lowest BCUT2D eigenvalue weighted by atomic mass is 10.1. The first-order valence-corrected chi connectivity index (χ1v) is 12.3. The van der Waals surface area contributed by atoms with Crippen molar-refractivity contribution in [2.24, 2.45) is 0 Å². The first-order valence-electron chi connectivity index (χ1n) is 12.3. The van der Waals surface area contributed by atoms with E-state index in [1.165, 1.54) is 5.56 Å². The number of rotatable bonds is 7. The van der Waals surface area contributed by atoms with Crippen molar-refractivity contribution in [3.05, 3.63) is 54.1 Å². The number of nitrogens with one attached hydrogen (secondary N) is 2. The lowest BCUT2D eigenvalue weighted by Crippen LogP contribution is -2.60. The lowest BCUT2D eigenvalue weighted by molar-refractivity contribution is -0.145. The molecule has 0 aromatic heterocycles. The number of ether oxygens (including phenoxy) is 2. The molecule has 2 N–H and O–H groups in total. The molecule has 10 heteroatoms. The number of piperazine rings is 2. The van der Waals surface area contributed by atoms with Crippen LogP contribution in [0.4, 0.5) is 5.69 Å². The molecule has 3 heterocycles. The first-order chi connectivity index (χ1) is 17.5.